The number of hydrogen-bond acceptors (Lipinski definition) is 5. The molecule has 0 unspecified atom stereocenters. The molecular weight excluding hydrogens is 314 g/mol. The van der Waals surface area contributed by atoms with Gasteiger partial charge in [0.05, 0.1) is 12.0 Å². The Balaban J connectivity index is 2.48. The molecule has 0 fully saturated rings. The van der Waals surface area contributed by atoms with E-state index in [0.29, 0.717) is 16.9 Å². The number of methoxy groups -OCH3 is 1. The monoisotopic (exact) mass is 327 g/mol. The van der Waals surface area contributed by atoms with Crippen molar-refractivity contribution in [2.75, 3.05) is 11.8 Å². The number of sulfonamides is 1. The number of nitrogens with zero attached hydrogens (tertiary/aromatic N) is 2. The van der Waals surface area contributed by atoms with Crippen LogP contribution in [0.1, 0.15) is 11.1 Å². The lowest BCUT2D eigenvalue weighted by atomic mass is 10.1. The maximum Gasteiger partial charge on any atom is 0.263 e. The summed E-state index contributed by atoms with van der Waals surface area (Å²) in [7, 11) is -2.29. The number of benzene rings is 1. The van der Waals surface area contributed by atoms with E-state index >= 15 is 0 Å². The molecule has 21 heavy (non-hydrogen) atoms. The van der Waals surface area contributed by atoms with E-state index in [1.165, 1.54) is 19.5 Å². The van der Waals surface area contributed by atoms with E-state index in [2.05, 4.69) is 14.7 Å². The Bertz CT molecular complexity index is 755. The highest BCUT2D eigenvalue weighted by atomic mass is 35.5. The lowest BCUT2D eigenvalue weighted by molar-refractivity contribution is 0.413. The van der Waals surface area contributed by atoms with Crippen LogP contribution in [0, 0.1) is 13.8 Å². The van der Waals surface area contributed by atoms with E-state index in [9.17, 15) is 8.42 Å². The maximum atomic E-state index is 12.5. The third-order valence-electron chi connectivity index (χ3n) is 2.82. The number of hydrogen-bond donors (Lipinski definition) is 1. The average molecular weight is 328 g/mol. The number of ether oxygens (including phenoxy) is 1. The normalized spacial score (nSPS) is 11.2. The van der Waals surface area contributed by atoms with Gasteiger partial charge >= 0.3 is 0 Å². The summed E-state index contributed by atoms with van der Waals surface area (Å²) in [6.07, 6.45) is 2.74. The second-order valence-electron chi connectivity index (χ2n) is 4.39. The molecule has 0 bridgehead atoms. The van der Waals surface area contributed by atoms with Crippen molar-refractivity contribution in [1.29, 1.82) is 0 Å². The standard InChI is InChI=1S/C13H14ClN3O3S/c1-8-6-10(20-3)7-9(2)11(8)21(18,19)17-13-12(14)15-4-5-16-13/h4-7H,1-3H3,(H,16,17). The number of halogens is 1. The Kier molecular flexibility index (Phi) is 4.34. The third-order valence-corrected chi connectivity index (χ3v) is 4.74. The van der Waals surface area contributed by atoms with Crippen LogP contribution in [-0.2, 0) is 10.0 Å². The Morgan fingerprint density at radius 3 is 2.24 bits per heavy atom. The van der Waals surface area contributed by atoms with Crippen molar-refractivity contribution < 1.29 is 13.2 Å². The van der Waals surface area contributed by atoms with Crippen LogP contribution in [0.2, 0.25) is 5.15 Å². The second kappa shape index (κ2) is 5.87. The molecule has 6 nitrogen and oxygen atoms in total. The van der Waals surface area contributed by atoms with E-state index in [-0.39, 0.29) is 15.9 Å². The van der Waals surface area contributed by atoms with Crippen molar-refractivity contribution in [3.05, 3.63) is 40.8 Å². The predicted molar refractivity (Wildman–Crippen MR) is 80.3 cm³/mol. The highest BCUT2D eigenvalue weighted by Gasteiger charge is 2.22. The molecule has 1 heterocycles. The van der Waals surface area contributed by atoms with Crippen LogP contribution in [0.15, 0.2) is 29.4 Å². The Morgan fingerprint density at radius 2 is 1.71 bits per heavy atom. The first kappa shape index (κ1) is 15.5. The largest absolute Gasteiger partial charge is 0.497 e. The van der Waals surface area contributed by atoms with Gasteiger partial charge in [0.2, 0.25) is 0 Å². The molecule has 2 aromatic rings. The summed E-state index contributed by atoms with van der Waals surface area (Å²) < 4.78 is 32.5. The summed E-state index contributed by atoms with van der Waals surface area (Å²) in [5.41, 5.74) is 1.14. The van der Waals surface area contributed by atoms with Gasteiger partial charge in [-0.1, -0.05) is 11.6 Å². The minimum absolute atomic E-state index is 0.00575. The molecule has 0 radical (unpaired) electrons. The summed E-state index contributed by atoms with van der Waals surface area (Å²) in [6, 6.07) is 3.31. The molecule has 2 rings (SSSR count). The fourth-order valence-electron chi connectivity index (χ4n) is 2.02. The molecule has 0 saturated carbocycles. The molecule has 0 spiro atoms. The minimum Gasteiger partial charge on any atom is -0.497 e. The lowest BCUT2D eigenvalue weighted by Crippen LogP contribution is -2.17. The first-order valence-electron chi connectivity index (χ1n) is 5.99. The van der Waals surface area contributed by atoms with Crippen molar-refractivity contribution >= 4 is 27.4 Å². The zero-order valence-electron chi connectivity index (χ0n) is 11.7. The fraction of sp³-hybridized carbons (Fsp3) is 0.231. The van der Waals surface area contributed by atoms with Gasteiger partial charge < -0.3 is 4.74 Å². The number of nitrogens with one attached hydrogen (secondary N) is 1. The highest BCUT2D eigenvalue weighted by Crippen LogP contribution is 2.28. The average Bonchev–Trinajstić information content (AvgIpc) is 2.40. The SMILES string of the molecule is COc1cc(C)c(S(=O)(=O)Nc2nccnc2Cl)c(C)c1. The summed E-state index contributed by atoms with van der Waals surface area (Å²) in [6.45, 7) is 3.39. The number of aromatic nitrogens is 2. The lowest BCUT2D eigenvalue weighted by Gasteiger charge is -2.14. The first-order chi connectivity index (χ1) is 9.85. The van der Waals surface area contributed by atoms with Crippen LogP contribution < -0.4 is 9.46 Å². The van der Waals surface area contributed by atoms with Crippen LogP contribution in [0.25, 0.3) is 0 Å². The van der Waals surface area contributed by atoms with E-state index in [1.807, 2.05) is 0 Å². The van der Waals surface area contributed by atoms with Crippen LogP contribution in [0.5, 0.6) is 5.75 Å². The third kappa shape index (κ3) is 3.25. The maximum absolute atomic E-state index is 12.5. The quantitative estimate of drug-likeness (QED) is 0.933. The molecule has 1 aromatic heterocycles. The van der Waals surface area contributed by atoms with Gasteiger partial charge in [0.1, 0.15) is 5.75 Å². The van der Waals surface area contributed by atoms with Gasteiger partial charge in [-0.25, -0.2) is 18.4 Å². The van der Waals surface area contributed by atoms with E-state index < -0.39 is 10.0 Å². The Hall–Kier alpha value is -1.86. The Labute approximate surface area is 128 Å². The molecule has 0 aliphatic carbocycles. The van der Waals surface area contributed by atoms with Crippen molar-refractivity contribution in [3.63, 3.8) is 0 Å². The smallest absolute Gasteiger partial charge is 0.263 e. The molecule has 0 aliphatic rings. The number of aryl methyl sites for hydroxylation is 2. The van der Waals surface area contributed by atoms with E-state index in [4.69, 9.17) is 16.3 Å². The van der Waals surface area contributed by atoms with Gasteiger partial charge in [-0.15, -0.1) is 0 Å². The topological polar surface area (TPSA) is 81.2 Å². The molecule has 0 amide bonds. The molecule has 0 aliphatic heterocycles. The zero-order chi connectivity index (χ0) is 15.6. The van der Waals surface area contributed by atoms with Crippen molar-refractivity contribution in [2.24, 2.45) is 0 Å². The van der Waals surface area contributed by atoms with Crippen molar-refractivity contribution in [2.45, 2.75) is 18.7 Å². The first-order valence-corrected chi connectivity index (χ1v) is 7.86. The fourth-order valence-corrected chi connectivity index (χ4v) is 3.70. The van der Waals surface area contributed by atoms with E-state index in [1.54, 1.807) is 26.0 Å². The van der Waals surface area contributed by atoms with Gasteiger partial charge in [-0.3, -0.25) is 4.72 Å². The van der Waals surface area contributed by atoms with Gasteiger partial charge in [-0.2, -0.15) is 0 Å². The molecule has 8 heteroatoms. The zero-order valence-corrected chi connectivity index (χ0v) is 13.3. The Morgan fingerprint density at radius 1 is 1.14 bits per heavy atom. The summed E-state index contributed by atoms with van der Waals surface area (Å²) >= 11 is 5.82. The van der Waals surface area contributed by atoms with Crippen LogP contribution in [0.4, 0.5) is 5.82 Å². The van der Waals surface area contributed by atoms with E-state index in [0.717, 1.165) is 0 Å². The predicted octanol–water partition coefficient (Wildman–Crippen LogP) is 2.56. The molecule has 0 saturated heterocycles. The molecule has 1 aromatic carbocycles. The number of anilines is 1. The van der Waals surface area contributed by atoms with Gasteiger partial charge in [0.15, 0.2) is 11.0 Å². The number of rotatable bonds is 4. The van der Waals surface area contributed by atoms with Crippen molar-refractivity contribution in [1.82, 2.24) is 9.97 Å². The molecule has 112 valence electrons. The van der Waals surface area contributed by atoms with Crippen LogP contribution in [-0.4, -0.2) is 25.5 Å². The second-order valence-corrected chi connectivity index (χ2v) is 6.37. The molecular formula is C13H14ClN3O3S. The van der Waals surface area contributed by atoms with Gasteiger partial charge in [0.25, 0.3) is 10.0 Å². The summed E-state index contributed by atoms with van der Waals surface area (Å²) in [5, 5.41) is -0.00936. The van der Waals surface area contributed by atoms with Crippen LogP contribution >= 0.6 is 11.6 Å². The summed E-state index contributed by atoms with van der Waals surface area (Å²) in [4.78, 5) is 7.83. The van der Waals surface area contributed by atoms with Gasteiger partial charge in [0, 0.05) is 12.4 Å². The van der Waals surface area contributed by atoms with Gasteiger partial charge in [-0.05, 0) is 37.1 Å². The van der Waals surface area contributed by atoms with Crippen molar-refractivity contribution in [3.8, 4) is 5.75 Å². The highest BCUT2D eigenvalue weighted by molar-refractivity contribution is 7.92. The summed E-state index contributed by atoms with van der Waals surface area (Å²) in [5.74, 6) is 0.593. The molecule has 1 N–H and O–H groups in total. The molecule has 0 atom stereocenters. The van der Waals surface area contributed by atoms with Crippen LogP contribution in [0.3, 0.4) is 0 Å². The minimum atomic E-state index is -3.81.